The second-order valence-electron chi connectivity index (χ2n) is 21.0. The number of nitriles is 1. The largest absolute Gasteiger partial charge is 0.463 e. The molecule has 0 spiro atoms. The standard InChI is InChI=1S/C58H82N2O10S/c1-5-9-15-40-17-21-42(22-18-40)44-25-29-46(30-26-44)56(63)69-49-33-34-50(70-57(64)47-31-27-45(28-32-47)43-23-19-41(20-24-43)16-10-6-2)54-53(49)60(35-11-12-36-66-51(61)7-3)55(71-54)48(39-59)58(65)68-38-14-13-37-67-52(62)8-4/h7-8,33-34,40-47H,3-6,9-32,35-38H2,1-2H3/b55-48-. The van der Waals surface area contributed by atoms with E-state index >= 15 is 0 Å². The summed E-state index contributed by atoms with van der Waals surface area (Å²) in [6, 6.07) is 5.42. The van der Waals surface area contributed by atoms with E-state index in [0.29, 0.717) is 48.1 Å². The van der Waals surface area contributed by atoms with Crippen LogP contribution >= 0.6 is 11.8 Å². The Balaban J connectivity index is 1.20. The van der Waals surface area contributed by atoms with Crippen molar-refractivity contribution in [3.63, 3.8) is 0 Å². The topological polar surface area (TPSA) is 159 Å². The minimum atomic E-state index is -0.842. The number of hydrogen-bond acceptors (Lipinski definition) is 13. The predicted octanol–water partition coefficient (Wildman–Crippen LogP) is 13.3. The van der Waals surface area contributed by atoms with Gasteiger partial charge >= 0.3 is 29.8 Å². The maximum absolute atomic E-state index is 14.2. The van der Waals surface area contributed by atoms with Crippen molar-refractivity contribution in [3.05, 3.63) is 48.0 Å². The van der Waals surface area contributed by atoms with Crippen LogP contribution < -0.4 is 14.4 Å². The molecule has 4 saturated carbocycles. The number of fused-ring (bicyclic) bond motifs is 1. The van der Waals surface area contributed by atoms with Crippen molar-refractivity contribution in [3.8, 4) is 17.6 Å². The van der Waals surface area contributed by atoms with Gasteiger partial charge < -0.3 is 28.6 Å². The number of unbranched alkanes of at least 4 members (excludes halogenated alkanes) is 4. The zero-order valence-corrected chi connectivity index (χ0v) is 43.8. The lowest BCUT2D eigenvalue weighted by molar-refractivity contribution is -0.141. The van der Waals surface area contributed by atoms with E-state index in [0.717, 1.165) is 99.0 Å². The van der Waals surface area contributed by atoms with Crippen LogP contribution in [-0.4, -0.2) is 56.2 Å². The lowest BCUT2D eigenvalue weighted by Gasteiger charge is -2.37. The average Bonchev–Trinajstić information content (AvgIpc) is 3.78. The number of carbonyl (C=O) groups excluding carboxylic acids is 5. The van der Waals surface area contributed by atoms with Crippen molar-refractivity contribution in [2.75, 3.05) is 31.3 Å². The Hall–Kier alpha value is -4.57. The van der Waals surface area contributed by atoms with Crippen molar-refractivity contribution in [1.29, 1.82) is 5.26 Å². The molecule has 5 aliphatic rings. The molecule has 1 aliphatic heterocycles. The number of hydrogen-bond donors (Lipinski definition) is 0. The van der Waals surface area contributed by atoms with Crippen LogP contribution in [0.2, 0.25) is 0 Å². The number of thioether (sulfide) groups is 1. The minimum absolute atomic E-state index is 0.0219. The fourth-order valence-electron chi connectivity index (χ4n) is 12.1. The summed E-state index contributed by atoms with van der Waals surface area (Å²) in [7, 11) is 0. The van der Waals surface area contributed by atoms with Gasteiger partial charge in [-0.2, -0.15) is 5.26 Å². The lowest BCUT2D eigenvalue weighted by atomic mass is 9.68. The van der Waals surface area contributed by atoms with E-state index in [9.17, 15) is 29.2 Å². The SMILES string of the molecule is C=CC(=O)OCCCCOC(=O)/C(C#N)=C1\Sc2c(OC(=O)C3CCC(C4CCC(CCCC)CC4)CC3)ccc(OC(=O)C3CCC(C4CCC(CCCC)CC4)CC3)c2N1CCCCOC(=O)C=C. The molecule has 6 rings (SSSR count). The molecule has 13 heteroatoms. The Morgan fingerprint density at radius 2 is 1.03 bits per heavy atom. The molecular formula is C58H82N2O10S. The van der Waals surface area contributed by atoms with Gasteiger partial charge in [0, 0.05) is 18.7 Å². The second-order valence-corrected chi connectivity index (χ2v) is 22.0. The molecule has 390 valence electrons. The molecule has 71 heavy (non-hydrogen) atoms. The summed E-state index contributed by atoms with van der Waals surface area (Å²) in [4.78, 5) is 67.7. The Morgan fingerprint density at radius 1 is 0.606 bits per heavy atom. The second kappa shape index (κ2) is 29.2. The number of carbonyl (C=O) groups is 5. The van der Waals surface area contributed by atoms with Crippen LogP contribution in [0.15, 0.2) is 52.9 Å². The van der Waals surface area contributed by atoms with Gasteiger partial charge in [-0.15, -0.1) is 0 Å². The summed E-state index contributed by atoms with van der Waals surface area (Å²) in [6.07, 6.45) is 29.2. The first kappa shape index (κ1) is 55.7. The highest BCUT2D eigenvalue weighted by molar-refractivity contribution is 8.04. The Labute approximate surface area is 428 Å². The first-order chi connectivity index (χ1) is 34.6. The number of ether oxygens (including phenoxy) is 5. The molecule has 0 bridgehead atoms. The normalized spacial score (nSPS) is 26.0. The van der Waals surface area contributed by atoms with Gasteiger partial charge in [-0.1, -0.05) is 103 Å². The summed E-state index contributed by atoms with van der Waals surface area (Å²) < 4.78 is 28.6. The maximum Gasteiger partial charge on any atom is 0.351 e. The van der Waals surface area contributed by atoms with Crippen molar-refractivity contribution in [2.24, 2.45) is 47.3 Å². The molecule has 0 unspecified atom stereocenters. The maximum atomic E-state index is 14.2. The van der Waals surface area contributed by atoms with E-state index in [1.807, 2.05) is 0 Å². The first-order valence-corrected chi connectivity index (χ1v) is 28.3. The molecule has 12 nitrogen and oxygen atoms in total. The molecule has 0 radical (unpaired) electrons. The fraction of sp³-hybridized carbons (Fsp3) is 0.690. The summed E-state index contributed by atoms with van der Waals surface area (Å²) in [5, 5.41) is 10.9. The van der Waals surface area contributed by atoms with Gasteiger partial charge in [-0.3, -0.25) is 9.59 Å². The van der Waals surface area contributed by atoms with Crippen molar-refractivity contribution < 1.29 is 47.7 Å². The van der Waals surface area contributed by atoms with Gasteiger partial charge in [0.1, 0.15) is 22.5 Å². The van der Waals surface area contributed by atoms with Crippen LogP contribution in [0.1, 0.15) is 181 Å². The summed E-state index contributed by atoms with van der Waals surface area (Å²) >= 11 is 1.12. The third kappa shape index (κ3) is 16.2. The number of nitrogens with zero attached hydrogens (tertiary/aromatic N) is 2. The molecule has 1 heterocycles. The Kier molecular flexibility index (Phi) is 22.9. The molecule has 0 N–H and O–H groups in total. The monoisotopic (exact) mass is 999 g/mol. The third-order valence-electron chi connectivity index (χ3n) is 16.4. The van der Waals surface area contributed by atoms with Crippen LogP contribution in [0, 0.1) is 58.7 Å². The summed E-state index contributed by atoms with van der Waals surface area (Å²) in [5.41, 5.74) is 0.176. The van der Waals surface area contributed by atoms with Crippen LogP contribution in [0.4, 0.5) is 5.69 Å². The first-order valence-electron chi connectivity index (χ1n) is 27.5. The molecule has 1 aromatic rings. The molecule has 4 aliphatic carbocycles. The summed E-state index contributed by atoms with van der Waals surface area (Å²) in [6.45, 7) is 11.9. The molecule has 0 atom stereocenters. The van der Waals surface area contributed by atoms with E-state index in [2.05, 4.69) is 33.1 Å². The van der Waals surface area contributed by atoms with Crippen molar-refractivity contribution >= 4 is 47.3 Å². The van der Waals surface area contributed by atoms with Crippen LogP contribution in [0.5, 0.6) is 11.5 Å². The van der Waals surface area contributed by atoms with E-state index < -0.39 is 17.9 Å². The number of benzene rings is 1. The lowest BCUT2D eigenvalue weighted by Crippen LogP contribution is -2.30. The van der Waals surface area contributed by atoms with E-state index in [4.69, 9.17) is 23.7 Å². The molecular weight excluding hydrogens is 917 g/mol. The molecule has 1 aromatic carbocycles. The molecule has 0 saturated heterocycles. The summed E-state index contributed by atoms with van der Waals surface area (Å²) in [5.74, 6) is 1.86. The predicted molar refractivity (Wildman–Crippen MR) is 276 cm³/mol. The van der Waals surface area contributed by atoms with Crippen LogP contribution in [-0.2, 0) is 38.2 Å². The minimum Gasteiger partial charge on any atom is -0.463 e. The van der Waals surface area contributed by atoms with Crippen LogP contribution in [0.25, 0.3) is 0 Å². The number of anilines is 1. The van der Waals surface area contributed by atoms with Gasteiger partial charge in [-0.05, 0) is 150 Å². The average molecular weight is 999 g/mol. The van der Waals surface area contributed by atoms with Gasteiger partial charge in [0.25, 0.3) is 0 Å². The van der Waals surface area contributed by atoms with E-state index in [-0.39, 0.29) is 72.2 Å². The third-order valence-corrected chi connectivity index (χ3v) is 17.6. The molecule has 0 aromatic heterocycles. The highest BCUT2D eigenvalue weighted by atomic mass is 32.2. The Bertz CT molecular complexity index is 2030. The zero-order chi connectivity index (χ0) is 50.5. The van der Waals surface area contributed by atoms with Gasteiger partial charge in [0.2, 0.25) is 0 Å². The van der Waals surface area contributed by atoms with Gasteiger partial charge in [0.15, 0.2) is 11.3 Å². The van der Waals surface area contributed by atoms with Crippen molar-refractivity contribution in [1.82, 2.24) is 0 Å². The van der Waals surface area contributed by atoms with E-state index in [1.165, 1.54) is 89.9 Å². The quantitative estimate of drug-likeness (QED) is 0.0228. The zero-order valence-electron chi connectivity index (χ0n) is 42.9. The number of esters is 5. The highest BCUT2D eigenvalue weighted by Gasteiger charge is 2.40. The molecule has 0 amide bonds. The van der Waals surface area contributed by atoms with E-state index in [1.54, 1.807) is 17.0 Å². The Morgan fingerprint density at radius 3 is 1.48 bits per heavy atom. The van der Waals surface area contributed by atoms with Crippen LogP contribution in [0.3, 0.4) is 0 Å². The smallest absolute Gasteiger partial charge is 0.351 e. The fourth-order valence-corrected chi connectivity index (χ4v) is 13.3. The van der Waals surface area contributed by atoms with Gasteiger partial charge in [-0.25, -0.2) is 14.4 Å². The van der Waals surface area contributed by atoms with Crippen molar-refractivity contribution in [2.45, 2.75) is 186 Å². The van der Waals surface area contributed by atoms with Gasteiger partial charge in [0.05, 0.1) is 36.6 Å². The molecule has 4 fully saturated rings. The number of rotatable bonds is 25. The highest BCUT2D eigenvalue weighted by Crippen LogP contribution is 2.56.